The van der Waals surface area contributed by atoms with Crippen molar-refractivity contribution in [2.75, 3.05) is 20.1 Å². The molecular formula is C15H25N3O. The van der Waals surface area contributed by atoms with Crippen LogP contribution in [0, 0.1) is 0 Å². The summed E-state index contributed by atoms with van der Waals surface area (Å²) in [5, 5.41) is 0. The lowest BCUT2D eigenvalue weighted by Crippen LogP contribution is -2.66. The van der Waals surface area contributed by atoms with Gasteiger partial charge in [0.15, 0.2) is 0 Å². The van der Waals surface area contributed by atoms with Gasteiger partial charge in [0.25, 0.3) is 0 Å². The predicted octanol–water partition coefficient (Wildman–Crippen LogP) is 2.03. The third-order valence-corrected chi connectivity index (χ3v) is 3.71. The van der Waals surface area contributed by atoms with Crippen molar-refractivity contribution in [2.24, 2.45) is 0 Å². The summed E-state index contributed by atoms with van der Waals surface area (Å²) in [6.45, 7) is 10.3. The maximum absolute atomic E-state index is 10.7. The van der Waals surface area contributed by atoms with Crippen molar-refractivity contribution in [2.45, 2.75) is 38.8 Å². The fourth-order valence-electron chi connectivity index (χ4n) is 2.47. The number of aromatic nitrogens is 1. The molecule has 0 aliphatic carbocycles. The number of hydrogen-bond acceptors (Lipinski definition) is 3. The van der Waals surface area contributed by atoms with Crippen LogP contribution in [0.5, 0.6) is 0 Å². The van der Waals surface area contributed by atoms with Crippen LogP contribution in [-0.4, -0.2) is 52.4 Å². The van der Waals surface area contributed by atoms with Gasteiger partial charge < -0.3 is 4.90 Å². The molecule has 1 aliphatic heterocycles. The molecule has 0 bridgehead atoms. The Kier molecular flexibility index (Phi) is 5.06. The highest BCUT2D eigenvalue weighted by Crippen LogP contribution is 2.29. The second kappa shape index (κ2) is 6.15. The fourth-order valence-corrected chi connectivity index (χ4v) is 2.47. The molecule has 1 amide bonds. The van der Waals surface area contributed by atoms with E-state index in [4.69, 9.17) is 0 Å². The first kappa shape index (κ1) is 15.6. The summed E-state index contributed by atoms with van der Waals surface area (Å²) in [5.41, 5.74) is 0.144. The molecule has 1 aromatic heterocycles. The van der Waals surface area contributed by atoms with E-state index >= 15 is 0 Å². The van der Waals surface area contributed by atoms with E-state index in [1.54, 1.807) is 12.4 Å². The summed E-state index contributed by atoms with van der Waals surface area (Å²) in [5.74, 6) is 0. The van der Waals surface area contributed by atoms with Gasteiger partial charge in [-0.2, -0.15) is 0 Å². The quantitative estimate of drug-likeness (QED) is 0.727. The summed E-state index contributed by atoms with van der Waals surface area (Å²) in [7, 11) is 2.13. The molecule has 2 heterocycles. The molecule has 1 aromatic rings. The molecule has 4 nitrogen and oxygen atoms in total. The van der Waals surface area contributed by atoms with Gasteiger partial charge in [0.1, 0.15) is 0 Å². The summed E-state index contributed by atoms with van der Waals surface area (Å²) in [6.07, 6.45) is 4.45. The summed E-state index contributed by atoms with van der Waals surface area (Å²) < 4.78 is 0. The molecule has 106 valence electrons. The van der Waals surface area contributed by atoms with Crippen LogP contribution >= 0.6 is 0 Å². The van der Waals surface area contributed by atoms with E-state index in [0.717, 1.165) is 19.5 Å². The van der Waals surface area contributed by atoms with Crippen molar-refractivity contribution >= 4 is 6.41 Å². The third-order valence-electron chi connectivity index (χ3n) is 3.71. The molecular weight excluding hydrogens is 238 g/mol. The lowest BCUT2D eigenvalue weighted by Gasteiger charge is -2.53. The number of rotatable bonds is 1. The van der Waals surface area contributed by atoms with E-state index in [-0.39, 0.29) is 11.1 Å². The Labute approximate surface area is 116 Å². The molecule has 1 fully saturated rings. The molecule has 0 spiro atoms. The molecule has 1 aliphatic rings. The Balaban J connectivity index is 0.000000250. The van der Waals surface area contributed by atoms with Crippen LogP contribution in [0.3, 0.4) is 0 Å². The van der Waals surface area contributed by atoms with Gasteiger partial charge in [0.2, 0.25) is 6.41 Å². The van der Waals surface area contributed by atoms with Crippen molar-refractivity contribution in [1.29, 1.82) is 0 Å². The van der Waals surface area contributed by atoms with Crippen molar-refractivity contribution in [1.82, 2.24) is 14.8 Å². The first-order valence-electron chi connectivity index (χ1n) is 6.58. The zero-order valence-electron chi connectivity index (χ0n) is 12.6. The predicted molar refractivity (Wildman–Crippen MR) is 77.8 cm³/mol. The highest BCUT2D eigenvalue weighted by Gasteiger charge is 2.41. The summed E-state index contributed by atoms with van der Waals surface area (Å²) in [4.78, 5) is 18.7. The molecule has 0 atom stereocenters. The van der Waals surface area contributed by atoms with Crippen LogP contribution in [-0.2, 0) is 4.79 Å². The Hall–Kier alpha value is -1.42. The molecule has 0 unspecified atom stereocenters. The van der Waals surface area contributed by atoms with Gasteiger partial charge in [-0.25, -0.2) is 0 Å². The standard InChI is InChI=1S/C10H20N2O.C5H5N/c1-9(2)6-12(8-13)7-10(3,4)11(9)5;1-2-4-6-5-3-1/h8H,6-7H2,1-5H3;1-5H. The molecule has 2 rings (SSSR count). The van der Waals surface area contributed by atoms with Crippen LogP contribution in [0.1, 0.15) is 27.7 Å². The number of carbonyl (C=O) groups is 1. The molecule has 0 aromatic carbocycles. The topological polar surface area (TPSA) is 36.4 Å². The minimum atomic E-state index is 0.0721. The van der Waals surface area contributed by atoms with E-state index in [1.807, 2.05) is 23.1 Å². The number of hydrogen-bond donors (Lipinski definition) is 0. The molecule has 0 radical (unpaired) electrons. The van der Waals surface area contributed by atoms with E-state index in [1.165, 1.54) is 0 Å². The zero-order valence-corrected chi connectivity index (χ0v) is 12.6. The maximum atomic E-state index is 10.7. The van der Waals surface area contributed by atoms with Gasteiger partial charge in [-0.3, -0.25) is 14.7 Å². The highest BCUT2D eigenvalue weighted by molar-refractivity contribution is 5.48. The number of carbonyl (C=O) groups excluding carboxylic acids is 1. The van der Waals surface area contributed by atoms with E-state index in [2.05, 4.69) is 44.6 Å². The van der Waals surface area contributed by atoms with E-state index < -0.39 is 0 Å². The Morgan fingerprint density at radius 3 is 1.74 bits per heavy atom. The average molecular weight is 263 g/mol. The van der Waals surface area contributed by atoms with Crippen molar-refractivity contribution in [3.8, 4) is 0 Å². The van der Waals surface area contributed by atoms with Crippen molar-refractivity contribution < 1.29 is 4.79 Å². The highest BCUT2D eigenvalue weighted by atomic mass is 16.1. The lowest BCUT2D eigenvalue weighted by atomic mass is 9.89. The number of amides is 1. The second-order valence-corrected chi connectivity index (χ2v) is 6.22. The molecule has 0 saturated carbocycles. The third kappa shape index (κ3) is 4.31. The Bertz CT molecular complexity index is 345. The van der Waals surface area contributed by atoms with Gasteiger partial charge in [-0.1, -0.05) is 6.07 Å². The van der Waals surface area contributed by atoms with Crippen LogP contribution < -0.4 is 0 Å². The van der Waals surface area contributed by atoms with Gasteiger partial charge in [0.05, 0.1) is 0 Å². The van der Waals surface area contributed by atoms with E-state index in [0.29, 0.717) is 0 Å². The van der Waals surface area contributed by atoms with Gasteiger partial charge in [-0.05, 0) is 46.9 Å². The normalized spacial score (nSPS) is 21.2. The summed E-state index contributed by atoms with van der Waals surface area (Å²) in [6, 6.07) is 5.72. The number of nitrogens with zero attached hydrogens (tertiary/aromatic N) is 3. The second-order valence-electron chi connectivity index (χ2n) is 6.22. The van der Waals surface area contributed by atoms with Crippen LogP contribution in [0.2, 0.25) is 0 Å². The SMILES string of the molecule is CN1C(C)(C)CN(C=O)CC1(C)C.c1ccncc1. The number of piperazine rings is 1. The van der Waals surface area contributed by atoms with Crippen LogP contribution in [0.15, 0.2) is 30.6 Å². The average Bonchev–Trinajstić information content (AvgIpc) is 2.38. The maximum Gasteiger partial charge on any atom is 0.209 e. The minimum Gasteiger partial charge on any atom is -0.342 e. The number of pyridine rings is 1. The minimum absolute atomic E-state index is 0.0721. The first-order chi connectivity index (χ1) is 8.79. The molecule has 0 N–H and O–H groups in total. The summed E-state index contributed by atoms with van der Waals surface area (Å²) >= 11 is 0. The van der Waals surface area contributed by atoms with Gasteiger partial charge in [-0.15, -0.1) is 0 Å². The van der Waals surface area contributed by atoms with Crippen LogP contribution in [0.4, 0.5) is 0 Å². The largest absolute Gasteiger partial charge is 0.342 e. The lowest BCUT2D eigenvalue weighted by molar-refractivity contribution is -0.128. The molecule has 4 heteroatoms. The van der Waals surface area contributed by atoms with Crippen molar-refractivity contribution in [3.63, 3.8) is 0 Å². The first-order valence-corrected chi connectivity index (χ1v) is 6.58. The van der Waals surface area contributed by atoms with E-state index in [9.17, 15) is 4.79 Å². The van der Waals surface area contributed by atoms with Gasteiger partial charge >= 0.3 is 0 Å². The molecule has 19 heavy (non-hydrogen) atoms. The van der Waals surface area contributed by atoms with Gasteiger partial charge in [0, 0.05) is 36.6 Å². The Morgan fingerprint density at radius 1 is 1.00 bits per heavy atom. The smallest absolute Gasteiger partial charge is 0.209 e. The zero-order chi connectivity index (χ0) is 14.5. The number of likely N-dealkylation sites (N-methyl/N-ethyl adjacent to an activating group) is 1. The van der Waals surface area contributed by atoms with Crippen molar-refractivity contribution in [3.05, 3.63) is 30.6 Å². The van der Waals surface area contributed by atoms with Crippen LogP contribution in [0.25, 0.3) is 0 Å². The monoisotopic (exact) mass is 263 g/mol. The fraction of sp³-hybridized carbons (Fsp3) is 0.600. The Morgan fingerprint density at radius 2 is 1.47 bits per heavy atom. The molecule has 1 saturated heterocycles.